The molecule has 0 unspecified atom stereocenters. The topological polar surface area (TPSA) is 17.1 Å². The number of carbonyl (C=O) groups excluding carboxylic acids is 1. The number of rotatable bonds is 2. The highest BCUT2D eigenvalue weighted by atomic mass is 35.6. The molecular weight excluding hydrogens is 277 g/mol. The first-order valence-corrected chi connectivity index (χ1v) is 4.56. The summed E-state index contributed by atoms with van der Waals surface area (Å²) in [7, 11) is 0. The van der Waals surface area contributed by atoms with Gasteiger partial charge in [0.15, 0.2) is 4.33 Å². The second-order valence-corrected chi connectivity index (χ2v) is 5.92. The zero-order valence-electron chi connectivity index (χ0n) is 4.88. The molecule has 0 heterocycles. The van der Waals surface area contributed by atoms with E-state index in [1.807, 2.05) is 0 Å². The fourth-order valence-corrected chi connectivity index (χ4v) is 1.06. The van der Waals surface area contributed by atoms with Crippen LogP contribution in [0.2, 0.25) is 0 Å². The van der Waals surface area contributed by atoms with Gasteiger partial charge in [-0.25, -0.2) is 0 Å². The summed E-state index contributed by atoms with van der Waals surface area (Å²) < 4.78 is -3.71. The number of hydrogen-bond donors (Lipinski definition) is 0. The quantitative estimate of drug-likeness (QED) is 0.556. The number of hydrogen-bond acceptors (Lipinski definition) is 1. The van der Waals surface area contributed by atoms with Crippen molar-refractivity contribution < 1.29 is 4.79 Å². The van der Waals surface area contributed by atoms with Crippen LogP contribution in [0, 0.1) is 0 Å². The molecule has 0 aliphatic heterocycles. The maximum absolute atomic E-state index is 10.3. The summed E-state index contributed by atoms with van der Waals surface area (Å²) in [4.78, 5) is 10.3. The van der Waals surface area contributed by atoms with Crippen molar-refractivity contribution in [2.75, 3.05) is 0 Å². The average Bonchev–Trinajstić information content (AvgIpc) is 1.56. The number of halogens is 6. The molecule has 0 aromatic carbocycles. The zero-order chi connectivity index (χ0) is 9.28. The van der Waals surface area contributed by atoms with Gasteiger partial charge in [-0.1, -0.05) is 58.0 Å². The van der Waals surface area contributed by atoms with Gasteiger partial charge in [0.25, 0.3) is 0 Å². The number of carbonyl (C=O) groups is 1. The molecule has 0 radical (unpaired) electrons. The summed E-state index contributed by atoms with van der Waals surface area (Å²) >= 11 is 31.9. The van der Waals surface area contributed by atoms with E-state index in [1.165, 1.54) is 0 Å². The lowest BCUT2D eigenvalue weighted by Gasteiger charge is -2.25. The van der Waals surface area contributed by atoms with Gasteiger partial charge in [0.2, 0.25) is 9.03 Å². The van der Waals surface area contributed by atoms with E-state index < -0.39 is 19.8 Å². The van der Waals surface area contributed by atoms with E-state index in [0.29, 0.717) is 0 Å². The molecule has 1 nitrogen and oxygen atoms in total. The van der Waals surface area contributed by atoms with Gasteiger partial charge < -0.3 is 0 Å². The second kappa shape index (κ2) is 4.08. The molecule has 0 rings (SSSR count). The Morgan fingerprint density at radius 2 is 1.45 bits per heavy atom. The predicted molar refractivity (Wildman–Crippen MR) is 50.2 cm³/mol. The molecule has 0 aromatic heterocycles. The van der Waals surface area contributed by atoms with E-state index in [2.05, 4.69) is 0 Å². The van der Waals surface area contributed by atoms with Gasteiger partial charge in [-0.3, -0.25) is 4.79 Å². The van der Waals surface area contributed by atoms with E-state index in [9.17, 15) is 4.79 Å². The predicted octanol–water partition coefficient (Wildman–Crippen LogP) is 3.69. The normalized spacial score (nSPS) is 13.3. The Kier molecular flexibility index (Phi) is 4.60. The van der Waals surface area contributed by atoms with Crippen LogP contribution in [0.5, 0.6) is 0 Å². The lowest BCUT2D eigenvalue weighted by Crippen LogP contribution is -2.32. The summed E-state index contributed by atoms with van der Waals surface area (Å²) in [5, 5.41) is -0.763. The molecule has 0 fully saturated rings. The van der Waals surface area contributed by atoms with Gasteiger partial charge in [0.1, 0.15) is 0 Å². The fraction of sp³-hybridized carbons (Fsp3) is 0.750. The van der Waals surface area contributed by atoms with Crippen molar-refractivity contribution in [3.63, 3.8) is 0 Å². The van der Waals surface area contributed by atoms with E-state index in [1.54, 1.807) is 0 Å². The minimum atomic E-state index is -1.93. The Bertz CT molecular complexity index is 158. The van der Waals surface area contributed by atoms with Crippen molar-refractivity contribution in [2.45, 2.75) is 14.5 Å². The molecular formula is C4H2Cl6O. The molecule has 7 heteroatoms. The van der Waals surface area contributed by atoms with Gasteiger partial charge >= 0.3 is 0 Å². The van der Waals surface area contributed by atoms with E-state index in [4.69, 9.17) is 69.6 Å². The molecule has 11 heavy (non-hydrogen) atoms. The molecule has 0 N–H and O–H groups in total. The van der Waals surface area contributed by atoms with Crippen molar-refractivity contribution in [3.05, 3.63) is 0 Å². The first-order chi connectivity index (χ1) is 4.67. The van der Waals surface area contributed by atoms with Gasteiger partial charge in [-0.05, 0) is 11.6 Å². The van der Waals surface area contributed by atoms with Crippen LogP contribution in [0.25, 0.3) is 0 Å². The third-order valence-electron chi connectivity index (χ3n) is 0.776. The molecule has 0 atom stereocenters. The second-order valence-electron chi connectivity index (χ2n) is 1.73. The molecule has 0 aromatic rings. The molecule has 0 saturated heterocycles. The third kappa shape index (κ3) is 4.25. The standard InChI is InChI=1S/C4H2Cl6O/c5-2(11)1-3(6,7)4(8,9)10/h1H2. The van der Waals surface area contributed by atoms with Crippen LogP contribution in [-0.2, 0) is 4.79 Å². The molecule has 0 aliphatic carbocycles. The van der Waals surface area contributed by atoms with Crippen LogP contribution in [0.1, 0.15) is 6.42 Å². The first kappa shape index (κ1) is 12.4. The summed E-state index contributed by atoms with van der Waals surface area (Å²) in [5.74, 6) is 0. The minimum absolute atomic E-state index is 0.422. The van der Waals surface area contributed by atoms with Gasteiger partial charge in [-0.15, -0.1) is 0 Å². The summed E-state index contributed by atoms with van der Waals surface area (Å²) in [6.07, 6.45) is -0.422. The molecule has 0 spiro atoms. The minimum Gasteiger partial charge on any atom is -0.281 e. The molecule has 0 aliphatic rings. The van der Waals surface area contributed by atoms with Crippen molar-refractivity contribution in [3.8, 4) is 0 Å². The largest absolute Gasteiger partial charge is 0.281 e. The van der Waals surface area contributed by atoms with E-state index in [-0.39, 0.29) is 0 Å². The van der Waals surface area contributed by atoms with Gasteiger partial charge in [0, 0.05) is 0 Å². The zero-order valence-corrected chi connectivity index (χ0v) is 9.42. The molecule has 0 saturated carbocycles. The smallest absolute Gasteiger partial charge is 0.224 e. The molecule has 66 valence electrons. The van der Waals surface area contributed by atoms with Crippen LogP contribution in [-0.4, -0.2) is 13.4 Å². The average molecular weight is 279 g/mol. The van der Waals surface area contributed by atoms with Gasteiger partial charge in [0.05, 0.1) is 6.42 Å². The maximum atomic E-state index is 10.3. The van der Waals surface area contributed by atoms with Crippen molar-refractivity contribution in [1.29, 1.82) is 0 Å². The lowest BCUT2D eigenvalue weighted by atomic mass is 10.3. The van der Waals surface area contributed by atoms with Crippen LogP contribution >= 0.6 is 69.6 Å². The molecule has 0 bridgehead atoms. The Hall–Kier alpha value is 1.41. The van der Waals surface area contributed by atoms with Crippen molar-refractivity contribution in [2.24, 2.45) is 0 Å². The van der Waals surface area contributed by atoms with Crippen LogP contribution in [0.15, 0.2) is 0 Å². The SMILES string of the molecule is O=C(Cl)CC(Cl)(Cl)C(Cl)(Cl)Cl. The number of alkyl halides is 5. The highest BCUT2D eigenvalue weighted by Crippen LogP contribution is 2.48. The maximum Gasteiger partial charge on any atom is 0.224 e. The highest BCUT2D eigenvalue weighted by Gasteiger charge is 2.46. The summed E-state index contributed by atoms with van der Waals surface area (Å²) in [6, 6.07) is 0. The highest BCUT2D eigenvalue weighted by molar-refractivity contribution is 6.76. The molecule has 0 amide bonds. The third-order valence-corrected chi connectivity index (χ3v) is 3.29. The Balaban J connectivity index is 4.34. The Morgan fingerprint density at radius 1 is 1.09 bits per heavy atom. The summed E-state index contributed by atoms with van der Waals surface area (Å²) in [6.45, 7) is 0. The Labute approximate surface area is 93.8 Å². The van der Waals surface area contributed by atoms with Crippen LogP contribution in [0.4, 0.5) is 0 Å². The monoisotopic (exact) mass is 276 g/mol. The van der Waals surface area contributed by atoms with Crippen molar-refractivity contribution in [1.82, 2.24) is 0 Å². The summed E-state index contributed by atoms with van der Waals surface area (Å²) in [5.41, 5.74) is 0. The van der Waals surface area contributed by atoms with Crippen LogP contribution in [0.3, 0.4) is 0 Å². The van der Waals surface area contributed by atoms with E-state index in [0.717, 1.165) is 0 Å². The van der Waals surface area contributed by atoms with Gasteiger partial charge in [-0.2, -0.15) is 0 Å². The van der Waals surface area contributed by atoms with E-state index >= 15 is 0 Å². The fourth-order valence-electron chi connectivity index (χ4n) is 0.275. The van der Waals surface area contributed by atoms with Crippen molar-refractivity contribution >= 4 is 74.8 Å². The first-order valence-electron chi connectivity index (χ1n) is 2.30. The Morgan fingerprint density at radius 3 is 1.55 bits per heavy atom. The van der Waals surface area contributed by atoms with Crippen LogP contribution < -0.4 is 0 Å². The lowest BCUT2D eigenvalue weighted by molar-refractivity contribution is -0.111.